The first-order valence-corrected chi connectivity index (χ1v) is 8.57. The minimum atomic E-state index is -0.504. The second-order valence-corrected chi connectivity index (χ2v) is 7.85. The van der Waals surface area contributed by atoms with Crippen LogP contribution in [0.5, 0.6) is 0 Å². The van der Waals surface area contributed by atoms with Gasteiger partial charge in [-0.3, -0.25) is 0 Å². The van der Waals surface area contributed by atoms with Gasteiger partial charge in [0.15, 0.2) is 0 Å². The molecule has 0 saturated heterocycles. The fraction of sp³-hybridized carbons (Fsp3) is 0.632. The van der Waals surface area contributed by atoms with Crippen molar-refractivity contribution in [2.45, 2.75) is 63.6 Å². The maximum absolute atomic E-state index is 13.5. The maximum atomic E-state index is 13.5. The van der Waals surface area contributed by atoms with Crippen LogP contribution in [0.2, 0.25) is 0 Å². The quantitative estimate of drug-likeness (QED) is 0.910. The average Bonchev–Trinajstić information content (AvgIpc) is 2.45. The first kappa shape index (κ1) is 18.7. The summed E-state index contributed by atoms with van der Waals surface area (Å²) in [7, 11) is 4.03. The van der Waals surface area contributed by atoms with Gasteiger partial charge in [-0.25, -0.2) is 9.18 Å². The zero-order valence-corrected chi connectivity index (χ0v) is 15.3. The van der Waals surface area contributed by atoms with Gasteiger partial charge in [0.1, 0.15) is 11.4 Å². The number of carbonyl (C=O) groups is 1. The smallest absolute Gasteiger partial charge is 0.407 e. The van der Waals surface area contributed by atoms with Crippen LogP contribution in [0.3, 0.4) is 0 Å². The first-order valence-electron chi connectivity index (χ1n) is 8.57. The highest BCUT2D eigenvalue weighted by atomic mass is 19.1. The predicted octanol–water partition coefficient (Wildman–Crippen LogP) is 3.92. The molecule has 1 unspecified atom stereocenters. The minimum Gasteiger partial charge on any atom is -0.444 e. The molecule has 0 aromatic heterocycles. The molecule has 1 fully saturated rings. The van der Waals surface area contributed by atoms with E-state index in [1.54, 1.807) is 12.1 Å². The second kappa shape index (κ2) is 7.51. The maximum Gasteiger partial charge on any atom is 0.407 e. The van der Waals surface area contributed by atoms with Gasteiger partial charge in [-0.2, -0.15) is 0 Å². The molecule has 2 rings (SSSR count). The van der Waals surface area contributed by atoms with Gasteiger partial charge in [0.25, 0.3) is 0 Å². The zero-order chi connectivity index (χ0) is 17.9. The number of nitrogens with one attached hydrogen (secondary N) is 1. The summed E-state index contributed by atoms with van der Waals surface area (Å²) in [6.07, 6.45) is 2.29. The lowest BCUT2D eigenvalue weighted by molar-refractivity contribution is 0.0445. The number of rotatable bonds is 3. The fourth-order valence-electron chi connectivity index (χ4n) is 3.41. The Morgan fingerprint density at radius 1 is 1.29 bits per heavy atom. The fourth-order valence-corrected chi connectivity index (χ4v) is 3.41. The molecule has 1 aromatic rings. The van der Waals surface area contributed by atoms with E-state index in [1.165, 1.54) is 6.07 Å². The van der Waals surface area contributed by atoms with Crippen LogP contribution in [0.1, 0.15) is 51.5 Å². The van der Waals surface area contributed by atoms with Crippen molar-refractivity contribution in [3.8, 4) is 0 Å². The molecule has 5 heteroatoms. The van der Waals surface area contributed by atoms with Crippen LogP contribution < -0.4 is 5.32 Å². The van der Waals surface area contributed by atoms with Crippen molar-refractivity contribution in [1.82, 2.24) is 10.2 Å². The molecule has 1 aliphatic rings. The summed E-state index contributed by atoms with van der Waals surface area (Å²) in [5.74, 6) is 0.118. The second-order valence-electron chi connectivity index (χ2n) is 7.85. The lowest BCUT2D eigenvalue weighted by atomic mass is 9.78. The summed E-state index contributed by atoms with van der Waals surface area (Å²) in [4.78, 5) is 14.2. The molecule has 1 amide bonds. The molecular formula is C19H29FN2O2. The van der Waals surface area contributed by atoms with E-state index in [0.29, 0.717) is 5.92 Å². The number of hydrogen-bond acceptors (Lipinski definition) is 3. The van der Waals surface area contributed by atoms with Gasteiger partial charge in [0, 0.05) is 12.1 Å². The van der Waals surface area contributed by atoms with Crippen LogP contribution in [0.4, 0.5) is 9.18 Å². The number of carbonyl (C=O) groups excluding carboxylic acids is 1. The average molecular weight is 336 g/mol. The summed E-state index contributed by atoms with van der Waals surface area (Å²) in [5.41, 5.74) is 0.536. The summed E-state index contributed by atoms with van der Waals surface area (Å²) < 4.78 is 18.9. The van der Waals surface area contributed by atoms with Crippen LogP contribution in [-0.2, 0) is 4.74 Å². The molecule has 1 aromatic carbocycles. The van der Waals surface area contributed by atoms with E-state index in [4.69, 9.17) is 4.74 Å². The van der Waals surface area contributed by atoms with Crippen LogP contribution in [-0.4, -0.2) is 42.8 Å². The molecule has 1 N–H and O–H groups in total. The molecule has 0 spiro atoms. The Morgan fingerprint density at radius 2 is 2.00 bits per heavy atom. The Balaban J connectivity index is 2.04. The standard InChI is InChI=1S/C19H29FN2O2/c1-19(2,3)24-18(23)21-16-10-9-14(12-17(16)22(4)5)13-7-6-8-15(20)11-13/h6-8,11,14,16-17H,9-10,12H2,1-5H3,(H,21,23)/t14?,16-,17-/m0/s1. The number of alkyl carbamates (subject to hydrolysis) is 1. The summed E-state index contributed by atoms with van der Waals surface area (Å²) >= 11 is 0. The van der Waals surface area contributed by atoms with Crippen molar-refractivity contribution in [2.24, 2.45) is 0 Å². The third kappa shape index (κ3) is 5.20. The van der Waals surface area contributed by atoms with E-state index in [1.807, 2.05) is 40.9 Å². The summed E-state index contributed by atoms with van der Waals surface area (Å²) in [6.45, 7) is 5.57. The van der Waals surface area contributed by atoms with E-state index in [2.05, 4.69) is 10.2 Å². The number of halogens is 1. The summed E-state index contributed by atoms with van der Waals surface area (Å²) in [6, 6.07) is 7.09. The minimum absolute atomic E-state index is 0.0414. The molecule has 0 aliphatic heterocycles. The van der Waals surface area contributed by atoms with Crippen molar-refractivity contribution in [3.05, 3.63) is 35.6 Å². The first-order chi connectivity index (χ1) is 11.2. The Labute approximate surface area is 144 Å². The van der Waals surface area contributed by atoms with E-state index in [-0.39, 0.29) is 24.0 Å². The van der Waals surface area contributed by atoms with Gasteiger partial charge in [-0.05, 0) is 77.7 Å². The van der Waals surface area contributed by atoms with Crippen LogP contribution in [0.25, 0.3) is 0 Å². The molecule has 3 atom stereocenters. The molecule has 0 radical (unpaired) electrons. The van der Waals surface area contributed by atoms with E-state index in [0.717, 1.165) is 24.8 Å². The van der Waals surface area contributed by atoms with Crippen molar-refractivity contribution < 1.29 is 13.9 Å². The number of nitrogens with zero attached hydrogens (tertiary/aromatic N) is 1. The van der Waals surface area contributed by atoms with Crippen LogP contribution in [0, 0.1) is 5.82 Å². The molecule has 0 heterocycles. The van der Waals surface area contributed by atoms with Crippen LogP contribution >= 0.6 is 0 Å². The third-order valence-electron chi connectivity index (χ3n) is 4.50. The lowest BCUT2D eigenvalue weighted by Gasteiger charge is -2.40. The van der Waals surface area contributed by atoms with Gasteiger partial charge in [-0.1, -0.05) is 12.1 Å². The SMILES string of the molecule is CN(C)[C@H]1CC(c2cccc(F)c2)CC[C@@H]1NC(=O)OC(C)(C)C. The van der Waals surface area contributed by atoms with E-state index < -0.39 is 5.60 Å². The molecule has 0 bridgehead atoms. The highest BCUT2D eigenvalue weighted by Crippen LogP contribution is 2.35. The number of likely N-dealkylation sites (N-methyl/N-ethyl adjacent to an activating group) is 1. The van der Waals surface area contributed by atoms with E-state index >= 15 is 0 Å². The highest BCUT2D eigenvalue weighted by Gasteiger charge is 2.34. The highest BCUT2D eigenvalue weighted by molar-refractivity contribution is 5.68. The zero-order valence-electron chi connectivity index (χ0n) is 15.3. The Morgan fingerprint density at radius 3 is 2.58 bits per heavy atom. The van der Waals surface area contributed by atoms with E-state index in [9.17, 15) is 9.18 Å². The molecule has 1 saturated carbocycles. The van der Waals surface area contributed by atoms with Gasteiger partial charge in [-0.15, -0.1) is 0 Å². The Bertz CT molecular complexity index is 569. The van der Waals surface area contributed by atoms with Crippen molar-refractivity contribution >= 4 is 6.09 Å². The molecule has 134 valence electrons. The Kier molecular flexibility index (Phi) is 5.86. The molecule has 1 aliphatic carbocycles. The summed E-state index contributed by atoms with van der Waals surface area (Å²) in [5, 5.41) is 3.01. The van der Waals surface area contributed by atoms with Gasteiger partial charge >= 0.3 is 6.09 Å². The monoisotopic (exact) mass is 336 g/mol. The number of amides is 1. The van der Waals surface area contributed by atoms with Crippen molar-refractivity contribution in [1.29, 1.82) is 0 Å². The largest absolute Gasteiger partial charge is 0.444 e. The van der Waals surface area contributed by atoms with Crippen LogP contribution in [0.15, 0.2) is 24.3 Å². The third-order valence-corrected chi connectivity index (χ3v) is 4.50. The normalized spacial score (nSPS) is 24.7. The number of benzene rings is 1. The van der Waals surface area contributed by atoms with Crippen molar-refractivity contribution in [2.75, 3.05) is 14.1 Å². The Hall–Kier alpha value is -1.62. The van der Waals surface area contributed by atoms with Gasteiger partial charge in [0.2, 0.25) is 0 Å². The van der Waals surface area contributed by atoms with Crippen molar-refractivity contribution in [3.63, 3.8) is 0 Å². The molecular weight excluding hydrogens is 307 g/mol. The number of hydrogen-bond donors (Lipinski definition) is 1. The number of ether oxygens (including phenoxy) is 1. The lowest BCUT2D eigenvalue weighted by Crippen LogP contribution is -2.53. The predicted molar refractivity (Wildman–Crippen MR) is 93.6 cm³/mol. The topological polar surface area (TPSA) is 41.6 Å². The van der Waals surface area contributed by atoms with Gasteiger partial charge < -0.3 is 15.0 Å². The molecule has 4 nitrogen and oxygen atoms in total. The van der Waals surface area contributed by atoms with Gasteiger partial charge in [0.05, 0.1) is 0 Å². The molecule has 24 heavy (non-hydrogen) atoms.